The van der Waals surface area contributed by atoms with Gasteiger partial charge >= 0.3 is 0 Å². The average Bonchev–Trinajstić information content (AvgIpc) is 3.14. The van der Waals surface area contributed by atoms with Gasteiger partial charge in [-0.05, 0) is 66.7 Å². The highest BCUT2D eigenvalue weighted by atomic mass is 28.4. The summed E-state index contributed by atoms with van der Waals surface area (Å²) in [6, 6.07) is 7.22. The molecule has 1 atom stereocenters. The molecule has 1 fully saturated rings. The van der Waals surface area contributed by atoms with E-state index in [9.17, 15) is 13.6 Å². The topological polar surface area (TPSA) is 57.2 Å². The SMILES string of the molecule is COc1cc(CN2CCC(CCO[Si](C)(C)C(C)(C)C)(Cc3ccc(F)cc3F)C2=O)cc(OC)c1OC. The van der Waals surface area contributed by atoms with Gasteiger partial charge in [0.1, 0.15) is 11.6 Å². The Hall–Kier alpha value is -2.65. The summed E-state index contributed by atoms with van der Waals surface area (Å²) in [5, 5.41) is 0.0292. The highest BCUT2D eigenvalue weighted by Crippen LogP contribution is 2.43. The van der Waals surface area contributed by atoms with Crippen LogP contribution >= 0.6 is 0 Å². The molecule has 2 aromatic carbocycles. The maximum Gasteiger partial charge on any atom is 0.229 e. The number of likely N-dealkylation sites (tertiary alicyclic amines) is 1. The number of halogens is 2. The first-order valence-corrected chi connectivity index (χ1v) is 15.8. The minimum absolute atomic E-state index is 0.0292. The number of hydrogen-bond acceptors (Lipinski definition) is 5. The van der Waals surface area contributed by atoms with E-state index < -0.39 is 25.4 Å². The number of nitrogens with zero attached hydrogens (tertiary/aromatic N) is 1. The van der Waals surface area contributed by atoms with Crippen molar-refractivity contribution in [2.75, 3.05) is 34.5 Å². The minimum Gasteiger partial charge on any atom is -0.493 e. The third-order valence-corrected chi connectivity index (χ3v) is 12.6. The van der Waals surface area contributed by atoms with Gasteiger partial charge in [-0.1, -0.05) is 26.8 Å². The molecule has 1 amide bonds. The Morgan fingerprint density at radius 3 is 2.16 bits per heavy atom. The zero-order valence-corrected chi connectivity index (χ0v) is 24.9. The van der Waals surface area contributed by atoms with E-state index in [-0.39, 0.29) is 17.4 Å². The summed E-state index contributed by atoms with van der Waals surface area (Å²) in [5.74, 6) is 0.171. The molecule has 0 aliphatic carbocycles. The summed E-state index contributed by atoms with van der Waals surface area (Å²) in [7, 11) is 2.60. The van der Waals surface area contributed by atoms with Crippen molar-refractivity contribution in [2.24, 2.45) is 5.41 Å². The molecule has 0 bridgehead atoms. The molecule has 0 spiro atoms. The van der Waals surface area contributed by atoms with Gasteiger partial charge in [0, 0.05) is 25.8 Å². The molecule has 2 aromatic rings. The molecule has 1 aliphatic rings. The van der Waals surface area contributed by atoms with Gasteiger partial charge < -0.3 is 23.5 Å². The molecule has 1 aliphatic heterocycles. The zero-order chi connectivity index (χ0) is 28.3. The van der Waals surface area contributed by atoms with Gasteiger partial charge in [0.05, 0.1) is 26.7 Å². The Morgan fingerprint density at radius 1 is 1.00 bits per heavy atom. The van der Waals surface area contributed by atoms with Crippen LogP contribution < -0.4 is 14.2 Å². The highest BCUT2D eigenvalue weighted by molar-refractivity contribution is 6.74. The van der Waals surface area contributed by atoms with E-state index in [0.29, 0.717) is 55.4 Å². The molecular weight excluding hydrogens is 508 g/mol. The summed E-state index contributed by atoms with van der Waals surface area (Å²) in [5.41, 5.74) is 0.317. The molecule has 0 aromatic heterocycles. The Labute approximate surface area is 226 Å². The number of amides is 1. The van der Waals surface area contributed by atoms with E-state index in [0.717, 1.165) is 11.6 Å². The van der Waals surface area contributed by atoms with Crippen molar-refractivity contribution in [3.05, 3.63) is 53.1 Å². The quantitative estimate of drug-likeness (QED) is 0.305. The summed E-state index contributed by atoms with van der Waals surface area (Å²) >= 11 is 0. The number of carbonyl (C=O) groups excluding carboxylic acids is 1. The van der Waals surface area contributed by atoms with Crippen LogP contribution in [0.2, 0.25) is 18.1 Å². The molecule has 0 N–H and O–H groups in total. The summed E-state index contributed by atoms with van der Waals surface area (Å²) in [4.78, 5) is 15.8. The lowest BCUT2D eigenvalue weighted by atomic mass is 9.77. The molecule has 3 rings (SSSR count). The Kier molecular flexibility index (Phi) is 9.14. The second kappa shape index (κ2) is 11.6. The Balaban J connectivity index is 1.89. The number of methoxy groups -OCH3 is 3. The predicted octanol–water partition coefficient (Wildman–Crippen LogP) is 6.36. The van der Waals surface area contributed by atoms with Crippen LogP contribution in [0, 0.1) is 17.0 Å². The first-order valence-electron chi connectivity index (χ1n) is 12.9. The van der Waals surface area contributed by atoms with E-state index >= 15 is 0 Å². The van der Waals surface area contributed by atoms with Crippen LogP contribution in [0.3, 0.4) is 0 Å². The normalized spacial score (nSPS) is 18.2. The molecule has 0 saturated carbocycles. The first kappa shape index (κ1) is 29.9. The van der Waals surface area contributed by atoms with Crippen LogP contribution in [0.1, 0.15) is 44.7 Å². The standard InChI is InChI=1S/C29H41F2NO5Si/c1-28(2,3)38(7,8)37-14-12-29(18-21-9-10-22(30)17-23(21)31)11-13-32(27(29)33)19-20-15-24(34-4)26(36-6)25(16-20)35-5/h9-10,15-17H,11-14,18-19H2,1-8H3. The second-order valence-electron chi connectivity index (χ2n) is 11.6. The largest absolute Gasteiger partial charge is 0.493 e. The molecule has 0 radical (unpaired) electrons. The van der Waals surface area contributed by atoms with Crippen LogP contribution in [0.4, 0.5) is 8.78 Å². The summed E-state index contributed by atoms with van der Waals surface area (Å²) in [6.07, 6.45) is 1.19. The molecular formula is C29H41F2NO5Si. The highest BCUT2D eigenvalue weighted by Gasteiger charge is 2.47. The number of hydrogen-bond donors (Lipinski definition) is 0. The van der Waals surface area contributed by atoms with Crippen LogP contribution in [0.5, 0.6) is 17.2 Å². The molecule has 1 heterocycles. The molecule has 38 heavy (non-hydrogen) atoms. The zero-order valence-electron chi connectivity index (χ0n) is 23.9. The lowest BCUT2D eigenvalue weighted by Crippen LogP contribution is -2.43. The average molecular weight is 550 g/mol. The van der Waals surface area contributed by atoms with E-state index in [1.54, 1.807) is 26.2 Å². The van der Waals surface area contributed by atoms with E-state index in [1.165, 1.54) is 12.1 Å². The third kappa shape index (κ3) is 6.31. The Morgan fingerprint density at radius 2 is 1.63 bits per heavy atom. The smallest absolute Gasteiger partial charge is 0.229 e. The van der Waals surface area contributed by atoms with Gasteiger partial charge in [-0.3, -0.25) is 4.79 Å². The van der Waals surface area contributed by atoms with Gasteiger partial charge in [0.15, 0.2) is 19.8 Å². The van der Waals surface area contributed by atoms with Crippen LogP contribution in [0.15, 0.2) is 30.3 Å². The van der Waals surface area contributed by atoms with Gasteiger partial charge in [-0.2, -0.15) is 0 Å². The van der Waals surface area contributed by atoms with Crippen LogP contribution in [0.25, 0.3) is 0 Å². The van der Waals surface area contributed by atoms with Crippen molar-refractivity contribution < 1.29 is 32.2 Å². The first-order chi connectivity index (χ1) is 17.8. The third-order valence-electron chi connectivity index (χ3n) is 8.09. The van der Waals surface area contributed by atoms with Crippen molar-refractivity contribution in [3.63, 3.8) is 0 Å². The van der Waals surface area contributed by atoms with Gasteiger partial charge in [0.25, 0.3) is 0 Å². The lowest BCUT2D eigenvalue weighted by Gasteiger charge is -2.37. The predicted molar refractivity (Wildman–Crippen MR) is 146 cm³/mol. The lowest BCUT2D eigenvalue weighted by molar-refractivity contribution is -0.137. The van der Waals surface area contributed by atoms with Crippen molar-refractivity contribution in [1.29, 1.82) is 0 Å². The molecule has 1 unspecified atom stereocenters. The maximum absolute atomic E-state index is 14.7. The number of benzene rings is 2. The summed E-state index contributed by atoms with van der Waals surface area (Å²) in [6.45, 7) is 12.1. The molecule has 210 valence electrons. The number of carbonyl (C=O) groups is 1. The number of ether oxygens (including phenoxy) is 3. The summed E-state index contributed by atoms with van der Waals surface area (Å²) < 4.78 is 51.1. The van der Waals surface area contributed by atoms with E-state index in [4.69, 9.17) is 18.6 Å². The fourth-order valence-electron chi connectivity index (χ4n) is 4.72. The minimum atomic E-state index is -2.04. The second-order valence-corrected chi connectivity index (χ2v) is 16.4. The molecule has 6 nitrogen and oxygen atoms in total. The van der Waals surface area contributed by atoms with E-state index in [1.807, 2.05) is 12.1 Å². The Bertz CT molecular complexity index is 1130. The van der Waals surface area contributed by atoms with Crippen molar-refractivity contribution in [2.45, 2.75) is 64.7 Å². The fourth-order valence-corrected chi connectivity index (χ4v) is 5.77. The fraction of sp³-hybridized carbons (Fsp3) is 0.552. The van der Waals surface area contributed by atoms with Gasteiger partial charge in [0.2, 0.25) is 11.7 Å². The monoisotopic (exact) mass is 549 g/mol. The van der Waals surface area contributed by atoms with E-state index in [2.05, 4.69) is 33.9 Å². The van der Waals surface area contributed by atoms with Gasteiger partial charge in [-0.25, -0.2) is 8.78 Å². The molecule has 9 heteroatoms. The van der Waals surface area contributed by atoms with Crippen molar-refractivity contribution in [1.82, 2.24) is 4.90 Å². The van der Waals surface area contributed by atoms with Gasteiger partial charge in [-0.15, -0.1) is 0 Å². The van der Waals surface area contributed by atoms with Crippen molar-refractivity contribution in [3.8, 4) is 17.2 Å². The van der Waals surface area contributed by atoms with Crippen LogP contribution in [-0.4, -0.2) is 53.6 Å². The number of rotatable bonds is 11. The van der Waals surface area contributed by atoms with Crippen molar-refractivity contribution >= 4 is 14.2 Å². The molecule has 1 saturated heterocycles. The van der Waals surface area contributed by atoms with Crippen LogP contribution in [-0.2, 0) is 22.2 Å². The maximum atomic E-state index is 14.7.